The van der Waals surface area contributed by atoms with Crippen LogP contribution in [-0.2, 0) is 7.05 Å². The normalized spacial score (nSPS) is 13.5. The smallest absolute Gasteiger partial charge is 0.242 e. The molecule has 1 heterocycles. The molecule has 86 valence electrons. The number of nitrogens with zero attached hydrogens (tertiary/aromatic N) is 2. The van der Waals surface area contributed by atoms with Gasteiger partial charge in [0, 0.05) is 12.6 Å². The van der Waals surface area contributed by atoms with E-state index in [0.717, 1.165) is 11.1 Å². The first kappa shape index (κ1) is 12.1. The van der Waals surface area contributed by atoms with Crippen LogP contribution in [0.3, 0.4) is 0 Å². The maximum absolute atomic E-state index is 13.5. The van der Waals surface area contributed by atoms with E-state index in [1.54, 1.807) is 6.92 Å². The minimum absolute atomic E-state index is 0.0642. The average Bonchev–Trinajstić information content (AvgIpc) is 2.44. The second-order valence-electron chi connectivity index (χ2n) is 3.70. The summed E-state index contributed by atoms with van der Waals surface area (Å²) in [5, 5.41) is 3.50. The van der Waals surface area contributed by atoms with Gasteiger partial charge in [-0.1, -0.05) is 20.3 Å². The van der Waals surface area contributed by atoms with Crippen molar-refractivity contribution < 1.29 is 13.2 Å². The van der Waals surface area contributed by atoms with Gasteiger partial charge in [0.15, 0.2) is 0 Å². The number of alkyl halides is 2. The molecule has 2 nitrogen and oxygen atoms in total. The summed E-state index contributed by atoms with van der Waals surface area (Å²) < 4.78 is 39.6. The lowest BCUT2D eigenvalue weighted by atomic mass is 9.97. The lowest BCUT2D eigenvalue weighted by Gasteiger charge is -2.09. The van der Waals surface area contributed by atoms with E-state index >= 15 is 0 Å². The van der Waals surface area contributed by atoms with Crippen LogP contribution in [0.2, 0.25) is 0 Å². The molecular formula is C10H15F3N2. The fourth-order valence-electron chi connectivity index (χ4n) is 1.73. The molecule has 5 heteroatoms. The molecule has 0 aliphatic carbocycles. The Morgan fingerprint density at radius 2 is 2.00 bits per heavy atom. The van der Waals surface area contributed by atoms with Gasteiger partial charge in [-0.15, -0.1) is 0 Å². The summed E-state index contributed by atoms with van der Waals surface area (Å²) in [5.41, 5.74) is -0.356. The third kappa shape index (κ3) is 2.33. The van der Waals surface area contributed by atoms with E-state index in [0.29, 0.717) is 6.42 Å². The summed E-state index contributed by atoms with van der Waals surface area (Å²) >= 11 is 0. The molecule has 0 amide bonds. The van der Waals surface area contributed by atoms with Crippen molar-refractivity contribution in [3.63, 3.8) is 0 Å². The van der Waals surface area contributed by atoms with Crippen LogP contribution < -0.4 is 0 Å². The van der Waals surface area contributed by atoms with Gasteiger partial charge in [-0.05, 0) is 12.3 Å². The van der Waals surface area contributed by atoms with Crippen molar-refractivity contribution in [2.24, 2.45) is 7.05 Å². The van der Waals surface area contributed by atoms with Gasteiger partial charge in [0.05, 0.1) is 0 Å². The molecule has 0 spiro atoms. The maximum Gasteiger partial charge on any atom is 0.282 e. The molecule has 0 aliphatic rings. The van der Waals surface area contributed by atoms with Crippen LogP contribution in [0.5, 0.6) is 0 Å². The topological polar surface area (TPSA) is 17.8 Å². The molecule has 1 atom stereocenters. The molecule has 1 aromatic rings. The highest BCUT2D eigenvalue weighted by atomic mass is 19.3. The van der Waals surface area contributed by atoms with Gasteiger partial charge in [0.25, 0.3) is 6.43 Å². The lowest BCUT2D eigenvalue weighted by Crippen LogP contribution is -2.00. The van der Waals surface area contributed by atoms with Crippen LogP contribution in [0.15, 0.2) is 0 Å². The van der Waals surface area contributed by atoms with Crippen LogP contribution in [0, 0.1) is 5.95 Å². The highest BCUT2D eigenvalue weighted by Gasteiger charge is 2.26. The largest absolute Gasteiger partial charge is 0.282 e. The minimum Gasteiger partial charge on any atom is -0.242 e. The fraction of sp³-hybridized carbons (Fsp3) is 0.700. The van der Waals surface area contributed by atoms with E-state index in [1.165, 1.54) is 7.05 Å². The van der Waals surface area contributed by atoms with Crippen LogP contribution in [0.4, 0.5) is 13.2 Å². The van der Waals surface area contributed by atoms with Crippen molar-refractivity contribution >= 4 is 0 Å². The van der Waals surface area contributed by atoms with Crippen LogP contribution in [-0.4, -0.2) is 9.78 Å². The molecule has 0 saturated carbocycles. The van der Waals surface area contributed by atoms with Crippen molar-refractivity contribution in [2.75, 3.05) is 0 Å². The van der Waals surface area contributed by atoms with Crippen molar-refractivity contribution in [3.8, 4) is 0 Å². The van der Waals surface area contributed by atoms with Gasteiger partial charge in [0.1, 0.15) is 5.69 Å². The molecule has 0 bridgehead atoms. The summed E-state index contributed by atoms with van der Waals surface area (Å²) in [6.07, 6.45) is -1.20. The molecule has 15 heavy (non-hydrogen) atoms. The second kappa shape index (κ2) is 4.68. The highest BCUT2D eigenvalue weighted by molar-refractivity contribution is 5.24. The Balaban J connectivity index is 3.12. The zero-order valence-corrected chi connectivity index (χ0v) is 9.10. The second-order valence-corrected chi connectivity index (χ2v) is 3.70. The van der Waals surface area contributed by atoms with Gasteiger partial charge in [-0.2, -0.15) is 9.49 Å². The molecule has 0 radical (unpaired) electrons. The monoisotopic (exact) mass is 220 g/mol. The predicted molar refractivity (Wildman–Crippen MR) is 51.4 cm³/mol. The number of aromatic nitrogens is 2. The predicted octanol–water partition coefficient (Wildman–Crippen LogP) is 3.40. The third-order valence-electron chi connectivity index (χ3n) is 2.46. The van der Waals surface area contributed by atoms with Gasteiger partial charge in [-0.25, -0.2) is 13.5 Å². The van der Waals surface area contributed by atoms with E-state index < -0.39 is 18.1 Å². The zero-order chi connectivity index (χ0) is 11.6. The van der Waals surface area contributed by atoms with E-state index in [1.807, 2.05) is 6.92 Å². The molecule has 0 aromatic carbocycles. The van der Waals surface area contributed by atoms with Gasteiger partial charge < -0.3 is 0 Å². The molecular weight excluding hydrogens is 205 g/mol. The Morgan fingerprint density at radius 3 is 2.47 bits per heavy atom. The fourth-order valence-corrected chi connectivity index (χ4v) is 1.73. The Morgan fingerprint density at radius 1 is 1.40 bits per heavy atom. The number of rotatable bonds is 4. The molecule has 1 aromatic heterocycles. The molecule has 1 unspecified atom stereocenters. The van der Waals surface area contributed by atoms with Crippen LogP contribution in [0.1, 0.15) is 50.3 Å². The summed E-state index contributed by atoms with van der Waals surface area (Å²) in [6, 6.07) is 0. The Bertz CT molecular complexity index is 334. The highest BCUT2D eigenvalue weighted by Crippen LogP contribution is 2.31. The van der Waals surface area contributed by atoms with Crippen LogP contribution >= 0.6 is 0 Å². The van der Waals surface area contributed by atoms with Gasteiger partial charge in [0.2, 0.25) is 5.95 Å². The Labute approximate surface area is 87.1 Å². The summed E-state index contributed by atoms with van der Waals surface area (Å²) in [6.45, 7) is 3.68. The van der Waals surface area contributed by atoms with Crippen molar-refractivity contribution in [3.05, 3.63) is 17.2 Å². The number of halogens is 3. The molecule has 0 saturated heterocycles. The quantitative estimate of drug-likeness (QED) is 0.760. The van der Waals surface area contributed by atoms with Crippen molar-refractivity contribution in [1.82, 2.24) is 9.78 Å². The molecule has 1 rings (SSSR count). The molecule has 0 N–H and O–H groups in total. The standard InChI is InChI=1S/C10H15F3N2/c1-4-5-6(2)7-8(9(11)12)14-15(3)10(7)13/h6,9H,4-5H2,1-3H3. The van der Waals surface area contributed by atoms with E-state index in [4.69, 9.17) is 0 Å². The summed E-state index contributed by atoms with van der Waals surface area (Å²) in [5.74, 6) is -0.862. The van der Waals surface area contributed by atoms with E-state index in [9.17, 15) is 13.2 Å². The van der Waals surface area contributed by atoms with E-state index in [2.05, 4.69) is 5.10 Å². The van der Waals surface area contributed by atoms with Gasteiger partial charge >= 0.3 is 0 Å². The first-order chi connectivity index (χ1) is 6.99. The molecule has 0 aliphatic heterocycles. The Kier molecular flexibility index (Phi) is 3.77. The third-order valence-corrected chi connectivity index (χ3v) is 2.46. The number of hydrogen-bond acceptors (Lipinski definition) is 1. The maximum atomic E-state index is 13.5. The summed E-state index contributed by atoms with van der Waals surface area (Å²) in [4.78, 5) is 0. The van der Waals surface area contributed by atoms with Crippen LogP contribution in [0.25, 0.3) is 0 Å². The zero-order valence-electron chi connectivity index (χ0n) is 9.10. The minimum atomic E-state index is -2.71. The first-order valence-corrected chi connectivity index (χ1v) is 4.99. The number of hydrogen-bond donors (Lipinski definition) is 0. The number of aryl methyl sites for hydroxylation is 1. The van der Waals surface area contributed by atoms with Gasteiger partial charge in [-0.3, -0.25) is 0 Å². The van der Waals surface area contributed by atoms with Crippen molar-refractivity contribution in [1.29, 1.82) is 0 Å². The lowest BCUT2D eigenvalue weighted by molar-refractivity contribution is 0.143. The first-order valence-electron chi connectivity index (χ1n) is 4.99. The van der Waals surface area contributed by atoms with Crippen molar-refractivity contribution in [2.45, 2.75) is 39.0 Å². The Hall–Kier alpha value is -1.00. The summed E-state index contributed by atoms with van der Waals surface area (Å²) in [7, 11) is 1.34. The molecule has 0 fully saturated rings. The average molecular weight is 220 g/mol. The SMILES string of the molecule is CCCC(C)c1c(C(F)F)nn(C)c1F. The van der Waals surface area contributed by atoms with E-state index in [-0.39, 0.29) is 11.5 Å².